The third-order valence-electron chi connectivity index (χ3n) is 5.75. The van der Waals surface area contributed by atoms with Gasteiger partial charge in [0.25, 0.3) is 0 Å². The molecule has 2 aliphatic rings. The number of aryl methyl sites for hydroxylation is 1. The molecule has 28 heavy (non-hydrogen) atoms. The van der Waals surface area contributed by atoms with Crippen molar-refractivity contribution in [3.8, 4) is 0 Å². The normalized spacial score (nSPS) is 22.2. The molecule has 1 amide bonds. The first-order chi connectivity index (χ1) is 13.6. The number of hydrogen-bond donors (Lipinski definition) is 1. The monoisotopic (exact) mass is 380 g/mol. The van der Waals surface area contributed by atoms with Crippen molar-refractivity contribution < 1.29 is 9.18 Å². The first-order valence-electron chi connectivity index (χ1n) is 9.66. The lowest BCUT2D eigenvalue weighted by Gasteiger charge is -2.27. The number of rotatable bonds is 0. The smallest absolute Gasteiger partial charge is 0.227 e. The van der Waals surface area contributed by atoms with Gasteiger partial charge in [0.1, 0.15) is 17.3 Å². The Balaban J connectivity index is 1.68. The number of anilines is 2. The number of aromatic nitrogens is 4. The molecule has 144 valence electrons. The van der Waals surface area contributed by atoms with E-state index in [4.69, 9.17) is 4.98 Å². The quantitative estimate of drug-likeness (QED) is 0.649. The second-order valence-electron chi connectivity index (χ2n) is 7.58. The van der Waals surface area contributed by atoms with E-state index in [9.17, 15) is 9.18 Å². The van der Waals surface area contributed by atoms with Crippen LogP contribution in [0.25, 0.3) is 5.65 Å². The standard InChI is InChI=1S/C20H21FN6O/c1-12-4-5-15-14(9-13(21)10-22-15)17-3-2-7-26(17)18-6-8-27-19(25-18)16(11-23-27)24-20(12)28/h6,8-12,17H,2-5,7H2,1H3,(H,24,28)/t12-,17+/m1/s1. The highest BCUT2D eigenvalue weighted by Gasteiger charge is 2.31. The number of carbonyl (C=O) groups is 1. The molecule has 2 bridgehead atoms. The molecule has 0 radical (unpaired) electrons. The molecule has 1 N–H and O–H groups in total. The van der Waals surface area contributed by atoms with Crippen molar-refractivity contribution in [2.24, 2.45) is 5.92 Å². The average Bonchev–Trinajstić information content (AvgIpc) is 3.33. The number of fused-ring (bicyclic) bond motifs is 5. The summed E-state index contributed by atoms with van der Waals surface area (Å²) in [5.41, 5.74) is 2.98. The number of nitrogens with one attached hydrogen (secondary N) is 1. The highest BCUT2D eigenvalue weighted by molar-refractivity contribution is 5.95. The Kier molecular flexibility index (Phi) is 3.99. The van der Waals surface area contributed by atoms with Crippen LogP contribution in [-0.2, 0) is 11.2 Å². The van der Waals surface area contributed by atoms with Crippen LogP contribution >= 0.6 is 0 Å². The fourth-order valence-electron chi connectivity index (χ4n) is 4.19. The Labute approximate surface area is 161 Å². The van der Waals surface area contributed by atoms with Gasteiger partial charge in [-0.1, -0.05) is 6.92 Å². The van der Waals surface area contributed by atoms with Crippen molar-refractivity contribution in [2.45, 2.75) is 38.6 Å². The largest absolute Gasteiger partial charge is 0.349 e. The number of nitrogens with zero attached hydrogens (tertiary/aromatic N) is 5. The molecule has 0 unspecified atom stereocenters. The van der Waals surface area contributed by atoms with E-state index < -0.39 is 0 Å². The molecule has 0 spiro atoms. The van der Waals surface area contributed by atoms with Crippen LogP contribution in [0.5, 0.6) is 0 Å². The molecule has 2 atom stereocenters. The zero-order chi connectivity index (χ0) is 19.3. The molecule has 1 fully saturated rings. The van der Waals surface area contributed by atoms with Crippen molar-refractivity contribution in [3.05, 3.63) is 47.8 Å². The second-order valence-corrected chi connectivity index (χ2v) is 7.58. The minimum atomic E-state index is -0.331. The van der Waals surface area contributed by atoms with Crippen molar-refractivity contribution in [1.29, 1.82) is 0 Å². The molecule has 7 nitrogen and oxygen atoms in total. The molecule has 8 heteroatoms. The maximum absolute atomic E-state index is 14.1. The summed E-state index contributed by atoms with van der Waals surface area (Å²) >= 11 is 0. The molecule has 2 aliphatic heterocycles. The zero-order valence-electron chi connectivity index (χ0n) is 15.6. The van der Waals surface area contributed by atoms with E-state index in [1.54, 1.807) is 16.8 Å². The molecule has 0 aliphatic carbocycles. The van der Waals surface area contributed by atoms with Crippen LogP contribution in [0.1, 0.15) is 43.5 Å². The SMILES string of the molecule is C[C@@H]1CCc2ncc(F)cc2[C@@H]2CCCN2c2ccn3ncc(c3n2)NC1=O. The van der Waals surface area contributed by atoms with Gasteiger partial charge in [-0.25, -0.2) is 13.9 Å². The van der Waals surface area contributed by atoms with Crippen molar-refractivity contribution in [3.63, 3.8) is 0 Å². The van der Waals surface area contributed by atoms with Gasteiger partial charge in [0.15, 0.2) is 5.65 Å². The minimum Gasteiger partial charge on any atom is -0.349 e. The third-order valence-corrected chi connectivity index (χ3v) is 5.75. The molecule has 0 aromatic carbocycles. The average molecular weight is 380 g/mol. The van der Waals surface area contributed by atoms with Gasteiger partial charge in [-0.15, -0.1) is 0 Å². The molecule has 3 aromatic heterocycles. The van der Waals surface area contributed by atoms with E-state index in [2.05, 4.69) is 20.3 Å². The van der Waals surface area contributed by atoms with Crippen molar-refractivity contribution in [2.75, 3.05) is 16.8 Å². The highest BCUT2D eigenvalue weighted by atomic mass is 19.1. The second kappa shape index (κ2) is 6.54. The van der Waals surface area contributed by atoms with Crippen molar-refractivity contribution in [1.82, 2.24) is 19.6 Å². The summed E-state index contributed by atoms with van der Waals surface area (Å²) in [4.78, 5) is 24.0. The van der Waals surface area contributed by atoms with Crippen LogP contribution in [-0.4, -0.2) is 32.0 Å². The van der Waals surface area contributed by atoms with Crippen LogP contribution in [0.4, 0.5) is 15.9 Å². The van der Waals surface area contributed by atoms with Gasteiger partial charge < -0.3 is 10.2 Å². The predicted octanol–water partition coefficient (Wildman–Crippen LogP) is 3.13. The fourth-order valence-corrected chi connectivity index (χ4v) is 4.19. The van der Waals surface area contributed by atoms with E-state index in [1.165, 1.54) is 6.20 Å². The summed E-state index contributed by atoms with van der Waals surface area (Å²) in [6, 6.07) is 3.54. The maximum Gasteiger partial charge on any atom is 0.227 e. The number of pyridine rings is 1. The molecule has 3 aromatic rings. The summed E-state index contributed by atoms with van der Waals surface area (Å²) in [5.74, 6) is 0.180. The van der Waals surface area contributed by atoms with Gasteiger partial charge in [-0.05, 0) is 43.4 Å². The Hall–Kier alpha value is -3.03. The van der Waals surface area contributed by atoms with Crippen LogP contribution < -0.4 is 10.2 Å². The van der Waals surface area contributed by atoms with Gasteiger partial charge in [-0.2, -0.15) is 5.10 Å². The van der Waals surface area contributed by atoms with Gasteiger partial charge in [0.2, 0.25) is 5.91 Å². The summed E-state index contributed by atoms with van der Waals surface area (Å²) in [5, 5.41) is 7.24. The molecule has 5 heterocycles. The number of halogens is 1. The summed E-state index contributed by atoms with van der Waals surface area (Å²) in [7, 11) is 0. The lowest BCUT2D eigenvalue weighted by Crippen LogP contribution is -2.25. The first-order valence-corrected chi connectivity index (χ1v) is 9.66. The van der Waals surface area contributed by atoms with Crippen LogP contribution in [0.3, 0.4) is 0 Å². The molecule has 1 saturated heterocycles. The van der Waals surface area contributed by atoms with Crippen LogP contribution in [0.15, 0.2) is 30.7 Å². The topological polar surface area (TPSA) is 75.4 Å². The minimum absolute atomic E-state index is 0.0271. The predicted molar refractivity (Wildman–Crippen MR) is 103 cm³/mol. The van der Waals surface area contributed by atoms with Gasteiger partial charge in [0.05, 0.1) is 18.4 Å². The van der Waals surface area contributed by atoms with E-state index in [0.717, 1.165) is 36.5 Å². The Bertz CT molecular complexity index is 1060. The number of amides is 1. The molecule has 0 saturated carbocycles. The molecule has 5 rings (SSSR count). The summed E-state index contributed by atoms with van der Waals surface area (Å²) in [6.45, 7) is 2.74. The van der Waals surface area contributed by atoms with E-state index in [-0.39, 0.29) is 23.7 Å². The fraction of sp³-hybridized carbons (Fsp3) is 0.400. The maximum atomic E-state index is 14.1. The van der Waals surface area contributed by atoms with Crippen LogP contribution in [0.2, 0.25) is 0 Å². The van der Waals surface area contributed by atoms with E-state index in [0.29, 0.717) is 24.2 Å². The van der Waals surface area contributed by atoms with Crippen LogP contribution in [0, 0.1) is 11.7 Å². The lowest BCUT2D eigenvalue weighted by atomic mass is 9.96. The third kappa shape index (κ3) is 2.80. The lowest BCUT2D eigenvalue weighted by molar-refractivity contribution is -0.119. The van der Waals surface area contributed by atoms with Gasteiger partial charge in [-0.3, -0.25) is 9.78 Å². The summed E-state index contributed by atoms with van der Waals surface area (Å²) in [6.07, 6.45) is 7.93. The van der Waals surface area contributed by atoms with Crippen molar-refractivity contribution >= 4 is 23.1 Å². The van der Waals surface area contributed by atoms with E-state index >= 15 is 0 Å². The molecular formula is C20H21FN6O. The van der Waals surface area contributed by atoms with Gasteiger partial charge >= 0.3 is 0 Å². The van der Waals surface area contributed by atoms with E-state index in [1.807, 2.05) is 19.2 Å². The molecular weight excluding hydrogens is 359 g/mol. The number of carbonyl (C=O) groups excluding carboxylic acids is 1. The Morgan fingerprint density at radius 2 is 2.18 bits per heavy atom. The number of hydrogen-bond acceptors (Lipinski definition) is 5. The summed E-state index contributed by atoms with van der Waals surface area (Å²) < 4.78 is 15.7. The zero-order valence-corrected chi connectivity index (χ0v) is 15.6. The Morgan fingerprint density at radius 1 is 1.29 bits per heavy atom. The first kappa shape index (κ1) is 17.1. The highest BCUT2D eigenvalue weighted by Crippen LogP contribution is 2.37. The Morgan fingerprint density at radius 3 is 3.07 bits per heavy atom. The van der Waals surface area contributed by atoms with Gasteiger partial charge in [0, 0.05) is 24.4 Å².